The third-order valence-electron chi connectivity index (χ3n) is 7.33. The van der Waals surface area contributed by atoms with E-state index >= 15 is 0 Å². The molecule has 146 valence electrons. The van der Waals surface area contributed by atoms with Crippen LogP contribution in [0.1, 0.15) is 48.8 Å². The predicted octanol–water partition coefficient (Wildman–Crippen LogP) is 4.30. The minimum Gasteiger partial charge on any atom is -0.472 e. The SMILES string of the molecule is CN(C(=O)/C=C/c1ccoc1)c1cccc2c1C[C@H]1NCC[C@@]23CCCC[C@@H]13. The van der Waals surface area contributed by atoms with Crippen molar-refractivity contribution in [3.05, 3.63) is 59.6 Å². The molecule has 1 aromatic carbocycles. The van der Waals surface area contributed by atoms with Crippen LogP contribution in [0.4, 0.5) is 5.69 Å². The number of nitrogens with one attached hydrogen (secondary N) is 1. The van der Waals surface area contributed by atoms with E-state index in [9.17, 15) is 4.79 Å². The van der Waals surface area contributed by atoms with Crippen LogP contribution in [0.3, 0.4) is 0 Å². The summed E-state index contributed by atoms with van der Waals surface area (Å²) in [6.07, 6.45) is 14.3. The fraction of sp³-hybridized carbons (Fsp3) is 0.458. The highest BCUT2D eigenvalue weighted by Gasteiger charge is 2.51. The Balaban J connectivity index is 1.50. The van der Waals surface area contributed by atoms with Crippen molar-refractivity contribution in [2.45, 2.75) is 50.0 Å². The first-order chi connectivity index (χ1) is 13.7. The summed E-state index contributed by atoms with van der Waals surface area (Å²) < 4.78 is 5.08. The lowest BCUT2D eigenvalue weighted by Gasteiger charge is -2.56. The molecule has 0 radical (unpaired) electrons. The smallest absolute Gasteiger partial charge is 0.250 e. The zero-order valence-corrected chi connectivity index (χ0v) is 16.5. The van der Waals surface area contributed by atoms with Gasteiger partial charge in [-0.05, 0) is 67.5 Å². The number of amides is 1. The van der Waals surface area contributed by atoms with Crippen molar-refractivity contribution in [3.8, 4) is 0 Å². The van der Waals surface area contributed by atoms with E-state index in [0.29, 0.717) is 11.5 Å². The molecule has 0 spiro atoms. The maximum atomic E-state index is 12.8. The quantitative estimate of drug-likeness (QED) is 0.813. The molecule has 2 aliphatic carbocycles. The lowest BCUT2D eigenvalue weighted by molar-refractivity contribution is -0.113. The molecule has 1 aliphatic heterocycles. The number of likely N-dealkylation sites (N-methyl/N-ethyl adjacent to an activating group) is 1. The summed E-state index contributed by atoms with van der Waals surface area (Å²) in [6, 6.07) is 9.01. The van der Waals surface area contributed by atoms with Gasteiger partial charge < -0.3 is 14.6 Å². The van der Waals surface area contributed by atoms with Crippen LogP contribution in [-0.2, 0) is 16.6 Å². The topological polar surface area (TPSA) is 45.5 Å². The highest BCUT2D eigenvalue weighted by molar-refractivity contribution is 6.04. The first kappa shape index (κ1) is 17.7. The minimum atomic E-state index is -0.00372. The number of rotatable bonds is 3. The maximum absolute atomic E-state index is 12.8. The van der Waals surface area contributed by atoms with E-state index in [-0.39, 0.29) is 5.91 Å². The van der Waals surface area contributed by atoms with Gasteiger partial charge in [-0.25, -0.2) is 0 Å². The number of nitrogens with zero attached hydrogens (tertiary/aromatic N) is 1. The molecule has 2 aromatic rings. The van der Waals surface area contributed by atoms with E-state index in [4.69, 9.17) is 4.42 Å². The average Bonchev–Trinajstić information content (AvgIpc) is 3.25. The number of hydrogen-bond acceptors (Lipinski definition) is 3. The second kappa shape index (κ2) is 6.93. The van der Waals surface area contributed by atoms with Gasteiger partial charge in [-0.2, -0.15) is 0 Å². The van der Waals surface area contributed by atoms with E-state index in [1.807, 2.05) is 24.1 Å². The summed E-state index contributed by atoms with van der Waals surface area (Å²) in [5.74, 6) is 0.746. The Bertz CT molecular complexity index is 897. The van der Waals surface area contributed by atoms with Gasteiger partial charge >= 0.3 is 0 Å². The van der Waals surface area contributed by atoms with Crippen molar-refractivity contribution in [1.82, 2.24) is 5.32 Å². The summed E-state index contributed by atoms with van der Waals surface area (Å²) in [5, 5.41) is 3.80. The lowest BCUT2D eigenvalue weighted by Crippen LogP contribution is -2.59. The van der Waals surface area contributed by atoms with Gasteiger partial charge in [0.15, 0.2) is 0 Å². The van der Waals surface area contributed by atoms with Gasteiger partial charge in [0, 0.05) is 35.8 Å². The van der Waals surface area contributed by atoms with Crippen LogP contribution < -0.4 is 10.2 Å². The zero-order chi connectivity index (χ0) is 19.1. The molecular formula is C24H28N2O2. The molecule has 4 heteroatoms. The normalized spacial score (nSPS) is 28.6. The van der Waals surface area contributed by atoms with Gasteiger partial charge in [0.2, 0.25) is 0 Å². The Morgan fingerprint density at radius 3 is 3.07 bits per heavy atom. The third kappa shape index (κ3) is 2.74. The van der Waals surface area contributed by atoms with Crippen molar-refractivity contribution in [3.63, 3.8) is 0 Å². The highest BCUT2D eigenvalue weighted by Crippen LogP contribution is 2.55. The molecule has 0 unspecified atom stereocenters. The first-order valence-corrected chi connectivity index (χ1v) is 10.5. The molecule has 2 bridgehead atoms. The van der Waals surface area contributed by atoms with Crippen molar-refractivity contribution in [1.29, 1.82) is 0 Å². The van der Waals surface area contributed by atoms with Gasteiger partial charge in [0.05, 0.1) is 12.5 Å². The standard InChI is InChI=1S/C24H28N2O2/c1-26(23(27)9-8-17-10-14-28-16-17)22-7-4-6-19-18(22)15-21-20-5-2-3-11-24(19,20)12-13-25-21/h4,6-10,14,16,20-21,25H,2-3,5,11-13,15H2,1H3/b9-8+/t20-,21+,24-/m0/s1. The van der Waals surface area contributed by atoms with Gasteiger partial charge in [0.1, 0.15) is 0 Å². The van der Waals surface area contributed by atoms with Crippen molar-refractivity contribution in [2.75, 3.05) is 18.5 Å². The number of carbonyl (C=O) groups is 1. The number of benzene rings is 1. The fourth-order valence-corrected chi connectivity index (χ4v) is 6.03. The van der Waals surface area contributed by atoms with Crippen LogP contribution in [0.5, 0.6) is 0 Å². The van der Waals surface area contributed by atoms with Gasteiger partial charge in [-0.15, -0.1) is 0 Å². The van der Waals surface area contributed by atoms with Gasteiger partial charge in [-0.1, -0.05) is 25.0 Å². The summed E-state index contributed by atoms with van der Waals surface area (Å²) in [4.78, 5) is 14.7. The number of fused-ring (bicyclic) bond motifs is 1. The molecule has 1 amide bonds. The van der Waals surface area contributed by atoms with Crippen LogP contribution in [-0.4, -0.2) is 25.5 Å². The van der Waals surface area contributed by atoms with E-state index < -0.39 is 0 Å². The molecule has 4 nitrogen and oxygen atoms in total. The van der Waals surface area contributed by atoms with Gasteiger partial charge in [-0.3, -0.25) is 4.79 Å². The molecule has 1 saturated heterocycles. The summed E-state index contributed by atoms with van der Waals surface area (Å²) in [5.41, 5.74) is 5.18. The second-order valence-corrected chi connectivity index (χ2v) is 8.61. The number of carbonyl (C=O) groups excluding carboxylic acids is 1. The van der Waals surface area contributed by atoms with Crippen molar-refractivity contribution >= 4 is 17.7 Å². The zero-order valence-electron chi connectivity index (χ0n) is 16.5. The molecule has 5 rings (SSSR count). The summed E-state index contributed by atoms with van der Waals surface area (Å²) in [6.45, 7) is 1.12. The molecule has 2 fully saturated rings. The number of furan rings is 1. The molecule has 28 heavy (non-hydrogen) atoms. The van der Waals surface area contributed by atoms with Crippen LogP contribution in [0, 0.1) is 5.92 Å². The lowest BCUT2D eigenvalue weighted by atomic mass is 9.52. The van der Waals surface area contributed by atoms with Crippen LogP contribution in [0.25, 0.3) is 6.08 Å². The Morgan fingerprint density at radius 1 is 1.29 bits per heavy atom. The Morgan fingerprint density at radius 2 is 2.21 bits per heavy atom. The average molecular weight is 377 g/mol. The van der Waals surface area contributed by atoms with Crippen LogP contribution >= 0.6 is 0 Å². The second-order valence-electron chi connectivity index (χ2n) is 8.61. The minimum absolute atomic E-state index is 0.00372. The third-order valence-corrected chi connectivity index (χ3v) is 7.33. The van der Waals surface area contributed by atoms with E-state index in [0.717, 1.165) is 30.1 Å². The largest absolute Gasteiger partial charge is 0.472 e. The Labute approximate surface area is 166 Å². The fourth-order valence-electron chi connectivity index (χ4n) is 6.03. The highest BCUT2D eigenvalue weighted by atomic mass is 16.3. The molecule has 1 aromatic heterocycles. The van der Waals surface area contributed by atoms with Crippen LogP contribution in [0.15, 0.2) is 47.3 Å². The molecule has 3 atom stereocenters. The van der Waals surface area contributed by atoms with Gasteiger partial charge in [0.25, 0.3) is 5.91 Å². The van der Waals surface area contributed by atoms with Crippen molar-refractivity contribution < 1.29 is 9.21 Å². The molecule has 2 heterocycles. The number of piperidine rings is 1. The number of anilines is 1. The first-order valence-electron chi connectivity index (χ1n) is 10.5. The Kier molecular flexibility index (Phi) is 4.39. The Hall–Kier alpha value is -2.33. The molecule has 3 aliphatic rings. The molecule has 1 N–H and O–H groups in total. The summed E-state index contributed by atoms with van der Waals surface area (Å²) >= 11 is 0. The number of hydrogen-bond donors (Lipinski definition) is 1. The summed E-state index contributed by atoms with van der Waals surface area (Å²) in [7, 11) is 1.89. The van der Waals surface area contributed by atoms with Crippen LogP contribution in [0.2, 0.25) is 0 Å². The predicted molar refractivity (Wildman–Crippen MR) is 111 cm³/mol. The molecule has 1 saturated carbocycles. The van der Waals surface area contributed by atoms with E-state index in [1.54, 1.807) is 18.6 Å². The van der Waals surface area contributed by atoms with Crippen molar-refractivity contribution in [2.24, 2.45) is 5.92 Å². The molecular weight excluding hydrogens is 348 g/mol. The monoisotopic (exact) mass is 376 g/mol. The van der Waals surface area contributed by atoms with E-state index in [1.165, 1.54) is 43.2 Å². The van der Waals surface area contributed by atoms with E-state index in [2.05, 4.69) is 23.5 Å². The maximum Gasteiger partial charge on any atom is 0.250 e.